The molecule has 1 saturated heterocycles. The third kappa shape index (κ3) is 8.37. The number of aromatic amines is 2. The molecule has 2 aromatic heterocycles. The molecule has 4 N–H and O–H groups in total. The summed E-state index contributed by atoms with van der Waals surface area (Å²) in [7, 11) is 4.25. The van der Waals surface area contributed by atoms with Gasteiger partial charge in [-0.15, -0.1) is 0 Å². The number of amides is 3. The molecule has 65 heavy (non-hydrogen) atoms. The highest BCUT2D eigenvalue weighted by atomic mass is 16.5. The summed E-state index contributed by atoms with van der Waals surface area (Å²) >= 11 is 0. The van der Waals surface area contributed by atoms with Gasteiger partial charge in [0, 0.05) is 42.5 Å². The Hall–Kier alpha value is -6.48. The number of rotatable bonds is 12. The fourth-order valence-corrected chi connectivity index (χ4v) is 10.6. The monoisotopic (exact) mass is 883 g/mol. The average molecular weight is 884 g/mol. The van der Waals surface area contributed by atoms with Crippen LogP contribution in [0.5, 0.6) is 5.75 Å². The average Bonchev–Trinajstić information content (AvgIpc) is 4.15. The number of H-pyrrole nitrogens is 2. The number of methoxy groups -OCH3 is 3. The summed E-state index contributed by atoms with van der Waals surface area (Å²) in [6.45, 7) is 7.31. The van der Waals surface area contributed by atoms with Gasteiger partial charge in [0.05, 0.1) is 56.2 Å². The van der Waals surface area contributed by atoms with E-state index in [2.05, 4.69) is 57.9 Å². The first-order valence-corrected chi connectivity index (χ1v) is 22.6. The zero-order valence-corrected chi connectivity index (χ0v) is 37.7. The lowest BCUT2D eigenvalue weighted by atomic mass is 9.80. The topological polar surface area (TPSA) is 190 Å². The number of carbonyl (C=O) groups is 4. The zero-order valence-electron chi connectivity index (χ0n) is 37.7. The van der Waals surface area contributed by atoms with Crippen molar-refractivity contribution >= 4 is 23.9 Å². The molecule has 3 aromatic carbocycles. The number of ketones is 1. The maximum absolute atomic E-state index is 14.3. The molecule has 340 valence electrons. The summed E-state index contributed by atoms with van der Waals surface area (Å²) in [5, 5.41) is 5.53. The second-order valence-corrected chi connectivity index (χ2v) is 18.3. The SMILES string of the molecule is COC[C@H]1C[C@@H](c2ncc(-c3ccc4c(c3)COc3cc5c(cc3-4)CCc3nc([C@@H]4CC[C@H](C)C4C(=O)[C@@H](NC(=O)OC)C(C)C)[nH]c3-5)[nH]2)N(C(=O)[C@H](NC(=O)OC)c2ccccc2)C1. The van der Waals surface area contributed by atoms with Crippen LogP contribution in [0.1, 0.15) is 92.1 Å². The van der Waals surface area contributed by atoms with E-state index in [1.54, 1.807) is 18.2 Å². The predicted octanol–water partition coefficient (Wildman–Crippen LogP) is 7.84. The molecule has 0 spiro atoms. The number of aryl methyl sites for hydroxylation is 2. The van der Waals surface area contributed by atoms with Crippen LogP contribution >= 0.6 is 0 Å². The number of hydrogen-bond acceptors (Lipinski definition) is 10. The van der Waals surface area contributed by atoms with Gasteiger partial charge in [-0.3, -0.25) is 9.59 Å². The smallest absolute Gasteiger partial charge is 0.407 e. The van der Waals surface area contributed by atoms with Crippen molar-refractivity contribution in [1.82, 2.24) is 35.5 Å². The van der Waals surface area contributed by atoms with Gasteiger partial charge in [-0.2, -0.15) is 0 Å². The highest BCUT2D eigenvalue weighted by molar-refractivity contribution is 5.91. The zero-order chi connectivity index (χ0) is 45.5. The lowest BCUT2D eigenvalue weighted by molar-refractivity contribution is -0.134. The molecule has 4 aliphatic rings. The van der Waals surface area contributed by atoms with E-state index in [1.165, 1.54) is 19.8 Å². The van der Waals surface area contributed by atoms with Gasteiger partial charge in [0.2, 0.25) is 0 Å². The van der Waals surface area contributed by atoms with Crippen LogP contribution in [-0.4, -0.2) is 89.2 Å². The van der Waals surface area contributed by atoms with Gasteiger partial charge in [0.1, 0.15) is 30.0 Å². The van der Waals surface area contributed by atoms with Gasteiger partial charge in [-0.25, -0.2) is 19.6 Å². The van der Waals surface area contributed by atoms with Gasteiger partial charge in [-0.1, -0.05) is 63.2 Å². The second kappa shape index (κ2) is 18.2. The summed E-state index contributed by atoms with van der Waals surface area (Å²) < 4.78 is 21.8. The molecule has 15 nitrogen and oxygen atoms in total. The molecule has 1 unspecified atom stereocenters. The Morgan fingerprint density at radius 2 is 1.66 bits per heavy atom. The first-order valence-electron chi connectivity index (χ1n) is 22.6. The molecule has 15 heteroatoms. The van der Waals surface area contributed by atoms with E-state index in [4.69, 9.17) is 28.9 Å². The molecule has 2 aliphatic heterocycles. The van der Waals surface area contributed by atoms with E-state index >= 15 is 0 Å². The van der Waals surface area contributed by atoms with E-state index in [0.29, 0.717) is 37.6 Å². The predicted molar refractivity (Wildman–Crippen MR) is 242 cm³/mol. The Balaban J connectivity index is 0.955. The van der Waals surface area contributed by atoms with E-state index in [9.17, 15) is 19.2 Å². The van der Waals surface area contributed by atoms with E-state index in [1.807, 2.05) is 44.2 Å². The minimum absolute atomic E-state index is 0.0273. The quantitative estimate of drug-likeness (QED) is 0.0961. The third-order valence-electron chi connectivity index (χ3n) is 13.9. The fraction of sp³-hybridized carbons (Fsp3) is 0.440. The molecule has 1 saturated carbocycles. The van der Waals surface area contributed by atoms with Crippen LogP contribution < -0.4 is 15.4 Å². The van der Waals surface area contributed by atoms with Crippen molar-refractivity contribution in [2.24, 2.45) is 23.7 Å². The van der Waals surface area contributed by atoms with E-state index in [-0.39, 0.29) is 47.3 Å². The van der Waals surface area contributed by atoms with Gasteiger partial charge >= 0.3 is 12.2 Å². The van der Waals surface area contributed by atoms with Crippen molar-refractivity contribution in [1.29, 1.82) is 0 Å². The van der Waals surface area contributed by atoms with Crippen molar-refractivity contribution in [2.75, 3.05) is 34.5 Å². The minimum atomic E-state index is -0.942. The molecule has 0 bridgehead atoms. The number of likely N-dealkylation sites (tertiary alicyclic amines) is 1. The summed E-state index contributed by atoms with van der Waals surface area (Å²) in [5.74, 6) is 1.84. The van der Waals surface area contributed by atoms with E-state index in [0.717, 1.165) is 82.2 Å². The van der Waals surface area contributed by atoms with Gasteiger partial charge in [0.15, 0.2) is 5.78 Å². The maximum Gasteiger partial charge on any atom is 0.407 e. The van der Waals surface area contributed by atoms with Crippen molar-refractivity contribution in [3.63, 3.8) is 0 Å². The number of nitrogens with one attached hydrogen (secondary N) is 4. The van der Waals surface area contributed by atoms with Crippen LogP contribution in [0, 0.1) is 23.7 Å². The number of benzene rings is 3. The van der Waals surface area contributed by atoms with Crippen molar-refractivity contribution in [3.05, 3.63) is 101 Å². The second-order valence-electron chi connectivity index (χ2n) is 18.3. The Morgan fingerprint density at radius 1 is 0.877 bits per heavy atom. The minimum Gasteiger partial charge on any atom is -0.488 e. The lowest BCUT2D eigenvalue weighted by Crippen LogP contribution is -2.48. The van der Waals surface area contributed by atoms with Gasteiger partial charge < -0.3 is 44.4 Å². The van der Waals surface area contributed by atoms with Crippen molar-refractivity contribution < 1.29 is 38.1 Å². The number of fused-ring (bicyclic) bond motifs is 6. The molecule has 9 rings (SSSR count). The van der Waals surface area contributed by atoms with Gasteiger partial charge in [-0.05, 0) is 90.0 Å². The van der Waals surface area contributed by atoms with Crippen molar-refractivity contribution in [2.45, 2.75) is 83.5 Å². The molecule has 5 aromatic rings. The molecule has 0 radical (unpaired) electrons. The molecule has 7 atom stereocenters. The molecule has 4 heterocycles. The molecule has 2 fully saturated rings. The summed E-state index contributed by atoms with van der Waals surface area (Å²) in [6.07, 6.45) is 4.49. The first kappa shape index (κ1) is 43.8. The summed E-state index contributed by atoms with van der Waals surface area (Å²) in [4.78, 5) is 72.0. The molecular formula is C50H57N7O8. The highest BCUT2D eigenvalue weighted by Gasteiger charge is 2.45. The number of alkyl carbamates (subject to hydrolysis) is 2. The standard InChI is InChI=1S/C50H57N7O8/c1-26(2)42(55-49(60)63-5)45(58)41-27(3)12-15-34(41)46-52-37-17-14-30-20-36-33-16-13-31(19-32(33)25-65-40(36)21-35(30)44(37)54-46)38-22-51-47(53-38)39-18-28(24-62-4)23-57(39)48(59)43(56-50(61)64-6)29-10-8-7-9-11-29/h7-11,13,16,19-22,26-28,34,39,41-43H,12,14-15,17-18,23-25H2,1-6H3,(H,51,53)(H,52,54)(H,55,60)(H,56,61)/t27-,28-,34+,39-,41?,42-,43+/m0/s1. The van der Waals surface area contributed by atoms with Crippen LogP contribution in [0.15, 0.2) is 66.9 Å². The lowest BCUT2D eigenvalue weighted by Gasteiger charge is -2.28. The first-order chi connectivity index (χ1) is 31.5. The number of aromatic nitrogens is 4. The Morgan fingerprint density at radius 3 is 2.42 bits per heavy atom. The molecule has 2 aliphatic carbocycles. The summed E-state index contributed by atoms with van der Waals surface area (Å²) in [5.41, 5.74) is 9.87. The number of hydrogen-bond donors (Lipinski definition) is 4. The van der Waals surface area contributed by atoms with Crippen LogP contribution in [0.25, 0.3) is 33.6 Å². The number of ether oxygens (including phenoxy) is 4. The number of nitrogens with zero attached hydrogens (tertiary/aromatic N) is 3. The largest absolute Gasteiger partial charge is 0.488 e. The number of carbonyl (C=O) groups excluding carboxylic acids is 4. The number of imidazole rings is 2. The summed E-state index contributed by atoms with van der Waals surface area (Å²) in [6, 6.07) is 17.9. The maximum atomic E-state index is 14.3. The Labute approximate surface area is 378 Å². The third-order valence-corrected chi connectivity index (χ3v) is 13.9. The van der Waals surface area contributed by atoms with Gasteiger partial charge in [0.25, 0.3) is 5.91 Å². The normalized spacial score (nSPS) is 21.6. The van der Waals surface area contributed by atoms with Crippen LogP contribution in [0.3, 0.4) is 0 Å². The van der Waals surface area contributed by atoms with Crippen LogP contribution in [0.2, 0.25) is 0 Å². The van der Waals surface area contributed by atoms with Crippen molar-refractivity contribution in [3.8, 4) is 39.4 Å². The van der Waals surface area contributed by atoms with Crippen LogP contribution in [-0.2, 0) is 43.2 Å². The van der Waals surface area contributed by atoms with Crippen LogP contribution in [0.4, 0.5) is 9.59 Å². The Bertz CT molecular complexity index is 2600. The number of Topliss-reactive ketones (excluding diaryl/α,β-unsaturated/α-hetero) is 1. The molecule has 3 amide bonds. The highest BCUT2D eigenvalue weighted by Crippen LogP contribution is 2.48. The molecular weight excluding hydrogens is 827 g/mol. The fourth-order valence-electron chi connectivity index (χ4n) is 10.6. The Kier molecular flexibility index (Phi) is 12.2. The van der Waals surface area contributed by atoms with E-state index < -0.39 is 24.3 Å².